The van der Waals surface area contributed by atoms with Crippen LogP contribution in [-0.2, 0) is 6.61 Å². The SMILES string of the molecule is COc1ccccc1OCc1nc2cccc(C(=O)O)n2n1. The second kappa shape index (κ2) is 5.72. The lowest BCUT2D eigenvalue weighted by Gasteiger charge is -2.08. The number of nitrogens with zero attached hydrogens (tertiary/aromatic N) is 3. The third kappa shape index (κ3) is 2.56. The molecule has 2 heterocycles. The first kappa shape index (κ1) is 13.9. The van der Waals surface area contributed by atoms with E-state index in [0.29, 0.717) is 23.0 Å². The fourth-order valence-corrected chi connectivity index (χ4v) is 2.05. The summed E-state index contributed by atoms with van der Waals surface area (Å²) >= 11 is 0. The summed E-state index contributed by atoms with van der Waals surface area (Å²) in [4.78, 5) is 15.4. The predicted octanol–water partition coefficient (Wildman–Crippen LogP) is 2.02. The first-order valence-electron chi connectivity index (χ1n) is 6.53. The summed E-state index contributed by atoms with van der Waals surface area (Å²) in [6.45, 7) is 0.112. The van der Waals surface area contributed by atoms with Gasteiger partial charge >= 0.3 is 5.97 Å². The van der Waals surface area contributed by atoms with Gasteiger partial charge in [0.25, 0.3) is 0 Å². The van der Waals surface area contributed by atoms with E-state index in [2.05, 4.69) is 10.1 Å². The average Bonchev–Trinajstić information content (AvgIpc) is 2.95. The van der Waals surface area contributed by atoms with E-state index >= 15 is 0 Å². The number of fused-ring (bicyclic) bond motifs is 1. The fraction of sp³-hybridized carbons (Fsp3) is 0.133. The van der Waals surface area contributed by atoms with Gasteiger partial charge in [-0.2, -0.15) is 0 Å². The molecule has 7 heteroatoms. The fourth-order valence-electron chi connectivity index (χ4n) is 2.05. The molecule has 0 saturated heterocycles. The molecule has 0 aliphatic rings. The van der Waals surface area contributed by atoms with E-state index in [1.165, 1.54) is 10.6 Å². The molecule has 1 aromatic carbocycles. The third-order valence-corrected chi connectivity index (χ3v) is 3.05. The van der Waals surface area contributed by atoms with Crippen LogP contribution in [0.25, 0.3) is 5.65 Å². The molecule has 0 amide bonds. The Morgan fingerprint density at radius 1 is 1.18 bits per heavy atom. The maximum absolute atomic E-state index is 11.2. The van der Waals surface area contributed by atoms with Gasteiger partial charge in [0, 0.05) is 0 Å². The van der Waals surface area contributed by atoms with Gasteiger partial charge in [-0.15, -0.1) is 5.10 Å². The molecule has 0 fully saturated rings. The van der Waals surface area contributed by atoms with Crippen LogP contribution < -0.4 is 9.47 Å². The summed E-state index contributed by atoms with van der Waals surface area (Å²) in [5.41, 5.74) is 0.507. The van der Waals surface area contributed by atoms with Crippen molar-refractivity contribution >= 4 is 11.6 Å². The summed E-state index contributed by atoms with van der Waals surface area (Å²) in [6.07, 6.45) is 0. The zero-order chi connectivity index (χ0) is 15.5. The number of hydrogen-bond donors (Lipinski definition) is 1. The molecule has 0 saturated carbocycles. The summed E-state index contributed by atoms with van der Waals surface area (Å²) < 4.78 is 12.1. The van der Waals surface area contributed by atoms with Crippen LogP contribution in [0.5, 0.6) is 11.5 Å². The largest absolute Gasteiger partial charge is 0.493 e. The maximum atomic E-state index is 11.2. The number of carbonyl (C=O) groups is 1. The van der Waals surface area contributed by atoms with Crippen LogP contribution in [0.2, 0.25) is 0 Å². The van der Waals surface area contributed by atoms with E-state index in [0.717, 1.165) is 0 Å². The van der Waals surface area contributed by atoms with Crippen molar-refractivity contribution in [2.24, 2.45) is 0 Å². The first-order chi connectivity index (χ1) is 10.7. The first-order valence-corrected chi connectivity index (χ1v) is 6.53. The highest BCUT2D eigenvalue weighted by Gasteiger charge is 2.12. The lowest BCUT2D eigenvalue weighted by molar-refractivity contribution is 0.0687. The standard InChI is InChI=1S/C15H13N3O4/c1-21-11-6-2-3-7-12(11)22-9-13-16-14-8-4-5-10(15(19)20)18(14)17-13/h2-8H,9H2,1H3,(H,19,20). The van der Waals surface area contributed by atoms with Crippen molar-refractivity contribution in [3.63, 3.8) is 0 Å². The van der Waals surface area contributed by atoms with Gasteiger partial charge in [-0.1, -0.05) is 18.2 Å². The Bertz CT molecular complexity index is 829. The molecule has 0 unspecified atom stereocenters. The number of aromatic nitrogens is 3. The van der Waals surface area contributed by atoms with Crippen LogP contribution in [0.1, 0.15) is 16.3 Å². The average molecular weight is 299 g/mol. The number of carboxylic acid groups (broad SMARTS) is 1. The zero-order valence-corrected chi connectivity index (χ0v) is 11.8. The molecule has 3 rings (SSSR count). The smallest absolute Gasteiger partial charge is 0.354 e. The van der Waals surface area contributed by atoms with Crippen LogP contribution in [0.15, 0.2) is 42.5 Å². The molecule has 112 valence electrons. The Balaban J connectivity index is 1.86. The van der Waals surface area contributed by atoms with Crippen LogP contribution >= 0.6 is 0 Å². The Morgan fingerprint density at radius 3 is 2.68 bits per heavy atom. The van der Waals surface area contributed by atoms with Gasteiger partial charge < -0.3 is 14.6 Å². The Hall–Kier alpha value is -3.09. The topological polar surface area (TPSA) is 86.0 Å². The van der Waals surface area contributed by atoms with Crippen molar-refractivity contribution < 1.29 is 19.4 Å². The molecule has 1 N–H and O–H groups in total. The number of para-hydroxylation sites is 2. The van der Waals surface area contributed by atoms with Gasteiger partial charge in [-0.3, -0.25) is 0 Å². The van der Waals surface area contributed by atoms with Gasteiger partial charge in [0.15, 0.2) is 28.7 Å². The van der Waals surface area contributed by atoms with E-state index in [4.69, 9.17) is 14.6 Å². The van der Waals surface area contributed by atoms with Crippen molar-refractivity contribution in [3.05, 3.63) is 54.0 Å². The molecule has 3 aromatic rings. The second-order valence-electron chi connectivity index (χ2n) is 4.45. The molecule has 7 nitrogen and oxygen atoms in total. The molecular formula is C15H13N3O4. The van der Waals surface area contributed by atoms with Crippen LogP contribution in [0, 0.1) is 0 Å². The predicted molar refractivity (Wildman–Crippen MR) is 77.3 cm³/mol. The number of methoxy groups -OCH3 is 1. The summed E-state index contributed by atoms with van der Waals surface area (Å²) in [7, 11) is 1.56. The molecular weight excluding hydrogens is 286 g/mol. The molecule has 0 radical (unpaired) electrons. The van der Waals surface area contributed by atoms with Gasteiger partial charge in [-0.05, 0) is 24.3 Å². The minimum Gasteiger partial charge on any atom is -0.493 e. The van der Waals surface area contributed by atoms with E-state index in [1.54, 1.807) is 31.4 Å². The van der Waals surface area contributed by atoms with Gasteiger partial charge in [0.1, 0.15) is 6.61 Å². The van der Waals surface area contributed by atoms with Gasteiger partial charge in [0.05, 0.1) is 7.11 Å². The number of benzene rings is 1. The van der Waals surface area contributed by atoms with Crippen molar-refractivity contribution in [2.75, 3.05) is 7.11 Å². The Morgan fingerprint density at radius 2 is 1.95 bits per heavy atom. The highest BCUT2D eigenvalue weighted by Crippen LogP contribution is 2.26. The zero-order valence-electron chi connectivity index (χ0n) is 11.8. The molecule has 2 aromatic heterocycles. The van der Waals surface area contributed by atoms with E-state index < -0.39 is 5.97 Å². The van der Waals surface area contributed by atoms with E-state index in [1.807, 2.05) is 12.1 Å². The molecule has 0 bridgehead atoms. The number of pyridine rings is 1. The number of hydrogen-bond acceptors (Lipinski definition) is 5. The van der Waals surface area contributed by atoms with E-state index in [9.17, 15) is 4.79 Å². The maximum Gasteiger partial charge on any atom is 0.354 e. The summed E-state index contributed by atoms with van der Waals surface area (Å²) in [5.74, 6) is 0.507. The third-order valence-electron chi connectivity index (χ3n) is 3.05. The summed E-state index contributed by atoms with van der Waals surface area (Å²) in [6, 6.07) is 12.0. The monoisotopic (exact) mass is 299 g/mol. The Labute approximate surface area is 125 Å². The quantitative estimate of drug-likeness (QED) is 0.775. The normalized spacial score (nSPS) is 10.6. The second-order valence-corrected chi connectivity index (χ2v) is 4.45. The van der Waals surface area contributed by atoms with Crippen molar-refractivity contribution in [1.82, 2.24) is 14.6 Å². The molecule has 0 aliphatic heterocycles. The van der Waals surface area contributed by atoms with Crippen molar-refractivity contribution in [1.29, 1.82) is 0 Å². The van der Waals surface area contributed by atoms with Crippen LogP contribution in [0.3, 0.4) is 0 Å². The molecule has 0 atom stereocenters. The van der Waals surface area contributed by atoms with Crippen LogP contribution in [0.4, 0.5) is 0 Å². The Kier molecular flexibility index (Phi) is 3.61. The number of carboxylic acids is 1. The van der Waals surface area contributed by atoms with Crippen LogP contribution in [-0.4, -0.2) is 32.8 Å². The lowest BCUT2D eigenvalue weighted by Crippen LogP contribution is -2.06. The highest BCUT2D eigenvalue weighted by atomic mass is 16.5. The van der Waals surface area contributed by atoms with Crippen molar-refractivity contribution in [3.8, 4) is 11.5 Å². The van der Waals surface area contributed by atoms with Gasteiger partial charge in [0.2, 0.25) is 0 Å². The lowest BCUT2D eigenvalue weighted by atomic mass is 10.3. The highest BCUT2D eigenvalue weighted by molar-refractivity contribution is 5.86. The number of aromatic carboxylic acids is 1. The number of rotatable bonds is 5. The minimum atomic E-state index is -1.06. The minimum absolute atomic E-state index is 0.0496. The van der Waals surface area contributed by atoms with E-state index in [-0.39, 0.29) is 12.3 Å². The molecule has 0 spiro atoms. The van der Waals surface area contributed by atoms with Crippen molar-refractivity contribution in [2.45, 2.75) is 6.61 Å². The number of ether oxygens (including phenoxy) is 2. The molecule has 0 aliphatic carbocycles. The molecule has 22 heavy (non-hydrogen) atoms. The van der Waals surface area contributed by atoms with Gasteiger partial charge in [-0.25, -0.2) is 14.3 Å². The summed E-state index contributed by atoms with van der Waals surface area (Å²) in [5, 5.41) is 13.3.